The zero-order valence-corrected chi connectivity index (χ0v) is 19.0. The second-order valence-electron chi connectivity index (χ2n) is 6.81. The highest BCUT2D eigenvalue weighted by molar-refractivity contribution is 6.32. The fraction of sp³-hybridized carbons (Fsp3) is 0.167. The van der Waals surface area contributed by atoms with Crippen molar-refractivity contribution in [2.45, 2.75) is 20.5 Å². The van der Waals surface area contributed by atoms with Gasteiger partial charge in [0.15, 0.2) is 11.5 Å². The predicted octanol–water partition coefficient (Wildman–Crippen LogP) is 6.18. The Morgan fingerprint density at radius 3 is 2.59 bits per heavy atom. The van der Waals surface area contributed by atoms with E-state index in [2.05, 4.69) is 10.5 Å². The summed E-state index contributed by atoms with van der Waals surface area (Å²) in [6, 6.07) is 14.6. The summed E-state index contributed by atoms with van der Waals surface area (Å²) in [5.41, 5.74) is 4.70. The van der Waals surface area contributed by atoms with Crippen LogP contribution in [0.25, 0.3) is 0 Å². The summed E-state index contributed by atoms with van der Waals surface area (Å²) in [6.45, 7) is 4.04. The van der Waals surface area contributed by atoms with Crippen LogP contribution in [-0.4, -0.2) is 18.7 Å². The molecule has 0 saturated heterocycles. The number of carbonyl (C=O) groups excluding carboxylic acids is 1. The van der Waals surface area contributed by atoms with E-state index >= 15 is 0 Å². The van der Waals surface area contributed by atoms with Crippen LogP contribution in [0, 0.1) is 12.7 Å². The third-order valence-corrected chi connectivity index (χ3v) is 5.16. The first-order chi connectivity index (χ1) is 15.4. The minimum atomic E-state index is -0.399. The van der Waals surface area contributed by atoms with Crippen molar-refractivity contribution in [1.29, 1.82) is 0 Å². The van der Waals surface area contributed by atoms with Crippen molar-refractivity contribution in [2.24, 2.45) is 5.10 Å². The molecule has 5 nitrogen and oxygen atoms in total. The van der Waals surface area contributed by atoms with E-state index in [1.165, 1.54) is 12.3 Å². The summed E-state index contributed by atoms with van der Waals surface area (Å²) < 4.78 is 25.2. The van der Waals surface area contributed by atoms with Gasteiger partial charge in [0.25, 0.3) is 5.91 Å². The Labute approximate surface area is 195 Å². The predicted molar refractivity (Wildman–Crippen MR) is 125 cm³/mol. The average Bonchev–Trinajstić information content (AvgIpc) is 2.76. The Hall–Kier alpha value is -3.09. The van der Waals surface area contributed by atoms with Crippen LogP contribution in [0.1, 0.15) is 34.0 Å². The maximum atomic E-state index is 13.9. The molecule has 0 aliphatic carbocycles. The number of hydrazone groups is 1. The first-order valence-electron chi connectivity index (χ1n) is 9.81. The number of rotatable bonds is 8. The van der Waals surface area contributed by atoms with Gasteiger partial charge in [0.2, 0.25) is 0 Å². The number of ether oxygens (including phenoxy) is 2. The molecule has 0 aliphatic rings. The van der Waals surface area contributed by atoms with Crippen LogP contribution in [0.4, 0.5) is 4.39 Å². The normalized spacial score (nSPS) is 10.9. The number of halogens is 3. The van der Waals surface area contributed by atoms with Crippen LogP contribution >= 0.6 is 23.2 Å². The van der Waals surface area contributed by atoms with Gasteiger partial charge < -0.3 is 9.47 Å². The first-order valence-corrected chi connectivity index (χ1v) is 10.6. The number of amides is 1. The van der Waals surface area contributed by atoms with E-state index < -0.39 is 5.91 Å². The molecule has 8 heteroatoms. The van der Waals surface area contributed by atoms with Crippen molar-refractivity contribution in [3.8, 4) is 11.5 Å². The zero-order valence-electron chi connectivity index (χ0n) is 17.5. The molecular weight excluding hydrogens is 454 g/mol. The Morgan fingerprint density at radius 1 is 1.09 bits per heavy atom. The van der Waals surface area contributed by atoms with Crippen LogP contribution in [0.3, 0.4) is 0 Å². The van der Waals surface area contributed by atoms with E-state index in [4.69, 9.17) is 32.7 Å². The molecule has 0 aliphatic heterocycles. The molecule has 0 spiro atoms. The van der Waals surface area contributed by atoms with Crippen LogP contribution in [0.2, 0.25) is 10.0 Å². The fourth-order valence-corrected chi connectivity index (χ4v) is 3.25. The molecule has 3 rings (SSSR count). The molecule has 3 aromatic carbocycles. The van der Waals surface area contributed by atoms with Crippen LogP contribution in [0.5, 0.6) is 11.5 Å². The molecular formula is C24H21Cl2FN2O3. The quantitative estimate of drug-likeness (QED) is 0.313. The summed E-state index contributed by atoms with van der Waals surface area (Å²) in [5, 5.41) is 4.74. The highest BCUT2D eigenvalue weighted by Crippen LogP contribution is 2.37. The second-order valence-corrected chi connectivity index (χ2v) is 7.62. The summed E-state index contributed by atoms with van der Waals surface area (Å²) in [6.07, 6.45) is 1.43. The third kappa shape index (κ3) is 5.99. The van der Waals surface area contributed by atoms with Crippen LogP contribution in [0.15, 0.2) is 59.7 Å². The lowest BCUT2D eigenvalue weighted by molar-refractivity contribution is 0.0955. The smallest absolute Gasteiger partial charge is 0.271 e. The van der Waals surface area contributed by atoms with Gasteiger partial charge in [0.1, 0.15) is 12.4 Å². The number of hydrogen-bond donors (Lipinski definition) is 1. The van der Waals surface area contributed by atoms with Crippen molar-refractivity contribution in [3.05, 3.63) is 92.7 Å². The molecule has 1 amide bonds. The summed E-state index contributed by atoms with van der Waals surface area (Å²) in [4.78, 5) is 12.3. The number of carbonyl (C=O) groups is 1. The fourth-order valence-electron chi connectivity index (χ4n) is 2.79. The molecule has 1 N–H and O–H groups in total. The van der Waals surface area contributed by atoms with E-state index in [0.717, 1.165) is 5.56 Å². The molecule has 32 heavy (non-hydrogen) atoms. The van der Waals surface area contributed by atoms with Gasteiger partial charge in [-0.25, -0.2) is 9.82 Å². The Morgan fingerprint density at radius 2 is 1.88 bits per heavy atom. The van der Waals surface area contributed by atoms with Crippen molar-refractivity contribution < 1.29 is 18.7 Å². The lowest BCUT2D eigenvalue weighted by Gasteiger charge is -2.14. The molecule has 3 aromatic rings. The maximum Gasteiger partial charge on any atom is 0.271 e. The lowest BCUT2D eigenvalue weighted by atomic mass is 10.1. The zero-order chi connectivity index (χ0) is 23.1. The molecule has 0 saturated carbocycles. The van der Waals surface area contributed by atoms with E-state index in [0.29, 0.717) is 39.8 Å². The Balaban J connectivity index is 1.73. The molecule has 0 fully saturated rings. The molecule has 0 atom stereocenters. The minimum Gasteiger partial charge on any atom is -0.490 e. The van der Waals surface area contributed by atoms with E-state index in [1.54, 1.807) is 48.5 Å². The van der Waals surface area contributed by atoms with Crippen LogP contribution in [-0.2, 0) is 6.61 Å². The Kier molecular flexibility index (Phi) is 8.09. The second kappa shape index (κ2) is 11.0. The number of nitrogens with zero attached hydrogens (tertiary/aromatic N) is 1. The highest BCUT2D eigenvalue weighted by Gasteiger charge is 2.14. The number of aryl methyl sites for hydroxylation is 1. The minimum absolute atomic E-state index is 0.00489. The van der Waals surface area contributed by atoms with Crippen molar-refractivity contribution in [1.82, 2.24) is 5.43 Å². The first kappa shape index (κ1) is 23.6. The SMILES string of the molecule is CCOc1cc(/C=N\NC(=O)c2ccc(C)c(Cl)c2)cc(Cl)c1OCc1ccccc1F. The molecule has 0 radical (unpaired) electrons. The standard InChI is InChI=1S/C24H21Cl2FN2O3/c1-3-31-22-11-16(13-28-29-24(30)17-9-8-15(2)19(25)12-17)10-20(26)23(22)32-14-18-6-4-5-7-21(18)27/h4-13H,3,14H2,1-2H3,(H,29,30)/b28-13-. The summed E-state index contributed by atoms with van der Waals surface area (Å²) >= 11 is 12.4. The van der Waals surface area contributed by atoms with E-state index in [9.17, 15) is 9.18 Å². The van der Waals surface area contributed by atoms with Gasteiger partial charge in [-0.05, 0) is 55.3 Å². The number of hydrogen-bond acceptors (Lipinski definition) is 4. The molecule has 0 bridgehead atoms. The van der Waals surface area contributed by atoms with Gasteiger partial charge in [-0.15, -0.1) is 0 Å². The summed E-state index contributed by atoms with van der Waals surface area (Å²) in [7, 11) is 0. The number of benzene rings is 3. The van der Waals surface area contributed by atoms with E-state index in [1.807, 2.05) is 13.8 Å². The Bertz CT molecular complexity index is 1150. The molecule has 0 heterocycles. The largest absolute Gasteiger partial charge is 0.490 e. The summed E-state index contributed by atoms with van der Waals surface area (Å²) in [5.74, 6) is -0.0817. The van der Waals surface area contributed by atoms with Crippen molar-refractivity contribution in [3.63, 3.8) is 0 Å². The van der Waals surface area contributed by atoms with Gasteiger partial charge in [0, 0.05) is 16.1 Å². The molecule has 0 unspecified atom stereocenters. The van der Waals surface area contributed by atoms with Gasteiger partial charge in [-0.3, -0.25) is 4.79 Å². The average molecular weight is 475 g/mol. The topological polar surface area (TPSA) is 59.9 Å². The maximum absolute atomic E-state index is 13.9. The van der Waals surface area contributed by atoms with Gasteiger partial charge in [-0.2, -0.15) is 5.10 Å². The molecule has 166 valence electrons. The lowest BCUT2D eigenvalue weighted by Crippen LogP contribution is -2.17. The highest BCUT2D eigenvalue weighted by atomic mass is 35.5. The van der Waals surface area contributed by atoms with Gasteiger partial charge in [-0.1, -0.05) is 47.5 Å². The van der Waals surface area contributed by atoms with Gasteiger partial charge >= 0.3 is 0 Å². The van der Waals surface area contributed by atoms with E-state index in [-0.39, 0.29) is 17.4 Å². The van der Waals surface area contributed by atoms with Crippen molar-refractivity contribution in [2.75, 3.05) is 6.61 Å². The van der Waals surface area contributed by atoms with Crippen LogP contribution < -0.4 is 14.9 Å². The van der Waals surface area contributed by atoms with Crippen molar-refractivity contribution >= 4 is 35.3 Å². The third-order valence-electron chi connectivity index (χ3n) is 4.48. The molecule has 0 aromatic heterocycles. The monoisotopic (exact) mass is 474 g/mol. The number of nitrogens with one attached hydrogen (secondary N) is 1. The van der Waals surface area contributed by atoms with Gasteiger partial charge in [0.05, 0.1) is 17.8 Å².